The van der Waals surface area contributed by atoms with Crippen LogP contribution in [-0.2, 0) is 35.2 Å². The van der Waals surface area contributed by atoms with Gasteiger partial charge in [-0.05, 0) is 110 Å². The number of carbonyl (C=O) groups is 7. The van der Waals surface area contributed by atoms with Crippen LogP contribution in [0.25, 0.3) is 22.3 Å². The number of ether oxygens (including phenoxy) is 1. The van der Waals surface area contributed by atoms with Crippen LogP contribution in [0.15, 0.2) is 97.1 Å². The van der Waals surface area contributed by atoms with Crippen LogP contribution >= 0.6 is 0 Å². The van der Waals surface area contributed by atoms with E-state index in [2.05, 4.69) is 33.5 Å². The summed E-state index contributed by atoms with van der Waals surface area (Å²) in [5.74, 6) is -5.02. The number of hydrogen-bond donors (Lipinski definition) is 10. The van der Waals surface area contributed by atoms with Crippen LogP contribution in [0.1, 0.15) is 88.1 Å². The smallest absolute Gasteiger partial charge is 0.251 e. The summed E-state index contributed by atoms with van der Waals surface area (Å²) in [5.41, 5.74) is 4.59. The predicted molar refractivity (Wildman–Crippen MR) is 284 cm³/mol. The van der Waals surface area contributed by atoms with E-state index in [4.69, 9.17) is 4.74 Å². The number of aryl methyl sites for hydroxylation is 1. The van der Waals surface area contributed by atoms with Crippen molar-refractivity contribution in [3.63, 3.8) is 0 Å². The quantitative estimate of drug-likeness (QED) is 0.0811. The highest BCUT2D eigenvalue weighted by Gasteiger charge is 2.46. The first kappa shape index (κ1) is 57.3. The van der Waals surface area contributed by atoms with Crippen LogP contribution in [0.5, 0.6) is 11.5 Å². The van der Waals surface area contributed by atoms with Crippen LogP contribution in [0.2, 0.25) is 0 Å². The van der Waals surface area contributed by atoms with Crippen molar-refractivity contribution in [2.45, 2.75) is 139 Å². The third-order valence-electron chi connectivity index (χ3n) is 14.3. The summed E-state index contributed by atoms with van der Waals surface area (Å²) in [5, 5.41) is 66.5. The summed E-state index contributed by atoms with van der Waals surface area (Å²) in [6, 6.07) is 19.9. The second kappa shape index (κ2) is 26.6. The number of phenols is 1. The summed E-state index contributed by atoms with van der Waals surface area (Å²) in [4.78, 5) is 101. The Morgan fingerprint density at radius 2 is 1.17 bits per heavy atom. The van der Waals surface area contributed by atoms with Gasteiger partial charge in [-0.25, -0.2) is 0 Å². The van der Waals surface area contributed by atoms with Crippen molar-refractivity contribution >= 4 is 41.4 Å². The second-order valence-corrected chi connectivity index (χ2v) is 20.2. The Kier molecular flexibility index (Phi) is 19.8. The Bertz CT molecular complexity index is 2690. The van der Waals surface area contributed by atoms with Gasteiger partial charge < -0.3 is 66.7 Å². The number of nitrogens with zero attached hydrogens (tertiary/aromatic N) is 2. The van der Waals surface area contributed by atoms with E-state index < -0.39 is 102 Å². The van der Waals surface area contributed by atoms with E-state index in [0.717, 1.165) is 57.1 Å². The molecule has 77 heavy (non-hydrogen) atoms. The fraction of sp³-hybridized carbons (Fsp3) is 0.456. The molecule has 3 heterocycles. The van der Waals surface area contributed by atoms with Crippen LogP contribution in [0.3, 0.4) is 0 Å². The molecule has 7 amide bonds. The molecule has 6 unspecified atom stereocenters. The number of phenolic OH excluding ortho intramolecular Hbond substituents is 1. The van der Waals surface area contributed by atoms with Crippen LogP contribution < -0.4 is 31.3 Å². The second-order valence-electron chi connectivity index (χ2n) is 20.2. The SMILES string of the molecule is CCCCCOc1ccc(-c2ccc(-c3ccc(C(=O)NC4CCCNC(=O)C5C[C@H](O)CN5C(=O)C([C@@H](C)O)NC(=O)C(CCc5ccc(O)cc5)NC(=O)C5C[C@@H](O)CN5C(=O)C([C@@H](C)O)NC4=O)cc3)cc2)cc1. The Morgan fingerprint density at radius 3 is 1.70 bits per heavy atom. The molecule has 0 saturated carbocycles. The van der Waals surface area contributed by atoms with Crippen LogP contribution in [0.4, 0.5) is 0 Å². The maximum absolute atomic E-state index is 14.4. The van der Waals surface area contributed by atoms with Crippen molar-refractivity contribution in [2.24, 2.45) is 0 Å². The monoisotopic (exact) mass is 1060 g/mol. The molecule has 0 radical (unpaired) electrons. The zero-order valence-corrected chi connectivity index (χ0v) is 43.6. The molecule has 10 atom stereocenters. The molecule has 20 nitrogen and oxygen atoms in total. The Balaban J connectivity index is 1.11. The minimum absolute atomic E-state index is 0.00571. The molecular weight excluding hydrogens is 991 g/mol. The standard InChI is InChI=1S/C57H71N7O13/c1-4-5-6-28-77-44-24-20-39(21-25-44)37-14-12-36(13-15-37)38-16-18-40(19-17-38)51(70)59-45-8-7-27-58-54(73)47-29-42(68)31-63(47)56(75)49(33(2)65)62-53(72)46(26-11-35-9-22-41(67)23-10-35)60-55(74)48-30-43(69)32-64(48)57(76)50(34(3)66)61-52(45)71/h9-10,12-25,33-34,42-43,45-50,65-69H,4-8,11,26-32H2,1-3H3,(H,58,73)(H,59,70)(H,60,74)(H,61,71)(H,62,72)/t33-,34-,42+,43-,45?,46?,47?,48?,49?,50?/m1/s1. The van der Waals surface area contributed by atoms with E-state index in [1.54, 1.807) is 36.4 Å². The average Bonchev–Trinajstić information content (AvgIpc) is 4.06. The van der Waals surface area contributed by atoms with Gasteiger partial charge in [0.25, 0.3) is 5.91 Å². The summed E-state index contributed by atoms with van der Waals surface area (Å²) in [6.45, 7) is 4.55. The molecule has 0 bridgehead atoms. The lowest BCUT2D eigenvalue weighted by molar-refractivity contribution is -0.145. The summed E-state index contributed by atoms with van der Waals surface area (Å²) in [7, 11) is 0. The number of hydrogen-bond acceptors (Lipinski definition) is 13. The number of rotatable bonds is 14. The van der Waals surface area contributed by atoms with Gasteiger partial charge in [0.2, 0.25) is 35.4 Å². The summed E-state index contributed by atoms with van der Waals surface area (Å²) >= 11 is 0. The molecule has 3 aliphatic heterocycles. The lowest BCUT2D eigenvalue weighted by Gasteiger charge is -2.32. The number of aromatic hydroxyl groups is 1. The van der Waals surface area contributed by atoms with E-state index in [9.17, 15) is 59.1 Å². The van der Waals surface area contributed by atoms with Crippen molar-refractivity contribution in [1.29, 1.82) is 0 Å². The number of carbonyl (C=O) groups excluding carboxylic acids is 7. The highest BCUT2D eigenvalue weighted by Crippen LogP contribution is 2.28. The van der Waals surface area contributed by atoms with Gasteiger partial charge in [-0.15, -0.1) is 0 Å². The maximum atomic E-state index is 14.4. The Morgan fingerprint density at radius 1 is 0.662 bits per heavy atom. The largest absolute Gasteiger partial charge is 0.508 e. The first-order valence-corrected chi connectivity index (χ1v) is 26.4. The minimum atomic E-state index is -1.69. The summed E-state index contributed by atoms with van der Waals surface area (Å²) in [6.07, 6.45) is -2.65. The average molecular weight is 1060 g/mol. The lowest BCUT2D eigenvalue weighted by Crippen LogP contribution is -2.61. The van der Waals surface area contributed by atoms with Gasteiger partial charge in [0.05, 0.1) is 31.0 Å². The highest BCUT2D eigenvalue weighted by atomic mass is 16.5. The van der Waals surface area contributed by atoms with Gasteiger partial charge in [0.1, 0.15) is 47.8 Å². The molecule has 3 fully saturated rings. The molecule has 3 aliphatic rings. The fourth-order valence-electron chi connectivity index (χ4n) is 9.87. The van der Waals surface area contributed by atoms with Crippen molar-refractivity contribution in [2.75, 3.05) is 26.2 Å². The first-order chi connectivity index (χ1) is 36.9. The van der Waals surface area contributed by atoms with Gasteiger partial charge >= 0.3 is 0 Å². The van der Waals surface area contributed by atoms with Crippen molar-refractivity contribution in [3.05, 3.63) is 108 Å². The molecule has 20 heteroatoms. The fourth-order valence-corrected chi connectivity index (χ4v) is 9.87. The minimum Gasteiger partial charge on any atom is -0.508 e. The van der Waals surface area contributed by atoms with Gasteiger partial charge in [-0.3, -0.25) is 33.6 Å². The number of aliphatic hydroxyl groups is 4. The van der Waals surface area contributed by atoms with E-state index in [1.165, 1.54) is 26.0 Å². The third-order valence-corrected chi connectivity index (χ3v) is 14.3. The van der Waals surface area contributed by atoms with Crippen LogP contribution in [0, 0.1) is 0 Å². The van der Waals surface area contributed by atoms with E-state index in [-0.39, 0.29) is 69.5 Å². The van der Waals surface area contributed by atoms with Crippen LogP contribution in [-0.4, -0.2) is 164 Å². The number of fused-ring (bicyclic) bond motifs is 2. The molecule has 3 saturated heterocycles. The van der Waals surface area contributed by atoms with Crippen molar-refractivity contribution in [3.8, 4) is 33.8 Å². The van der Waals surface area contributed by atoms with Gasteiger partial charge in [0, 0.05) is 38.0 Å². The molecule has 0 aromatic heterocycles. The van der Waals surface area contributed by atoms with E-state index >= 15 is 0 Å². The molecule has 412 valence electrons. The topological polar surface area (TPSA) is 296 Å². The van der Waals surface area contributed by atoms with Crippen molar-refractivity contribution < 1.29 is 63.8 Å². The number of nitrogens with one attached hydrogen (secondary N) is 5. The normalized spacial score (nSPS) is 24.8. The highest BCUT2D eigenvalue weighted by molar-refractivity contribution is 6.00. The lowest BCUT2D eigenvalue weighted by atomic mass is 9.99. The maximum Gasteiger partial charge on any atom is 0.251 e. The van der Waals surface area contributed by atoms with Gasteiger partial charge in [-0.1, -0.05) is 80.4 Å². The van der Waals surface area contributed by atoms with Crippen molar-refractivity contribution in [1.82, 2.24) is 36.4 Å². The number of benzene rings is 4. The zero-order valence-electron chi connectivity index (χ0n) is 43.6. The first-order valence-electron chi connectivity index (χ1n) is 26.4. The van der Waals surface area contributed by atoms with Gasteiger partial charge in [-0.2, -0.15) is 0 Å². The Labute approximate surface area is 447 Å². The third kappa shape index (κ3) is 15.0. The molecule has 0 spiro atoms. The van der Waals surface area contributed by atoms with E-state index in [0.29, 0.717) is 12.2 Å². The molecule has 4 aromatic rings. The molecular formula is C57H71N7O13. The Hall–Kier alpha value is -7.39. The predicted octanol–water partition coefficient (Wildman–Crippen LogP) is 2.08. The molecule has 10 N–H and O–H groups in total. The molecule has 0 aliphatic carbocycles. The molecule has 4 aromatic carbocycles. The number of unbranched alkanes of at least 4 members (excludes halogenated alkanes) is 2. The summed E-state index contributed by atoms with van der Waals surface area (Å²) < 4.78 is 5.86. The van der Waals surface area contributed by atoms with E-state index in [1.807, 2.05) is 48.5 Å². The zero-order chi connectivity index (χ0) is 55.3. The molecule has 7 rings (SSSR count). The number of aliphatic hydroxyl groups excluding tert-OH is 4. The van der Waals surface area contributed by atoms with Gasteiger partial charge in [0.15, 0.2) is 0 Å². The number of amides is 7.